The van der Waals surface area contributed by atoms with Crippen LogP contribution < -0.4 is 0 Å². The Morgan fingerprint density at radius 2 is 1.17 bits per heavy atom. The van der Waals surface area contributed by atoms with Crippen molar-refractivity contribution in [3.63, 3.8) is 0 Å². The first-order valence-corrected chi connectivity index (χ1v) is 9.31. The third-order valence-electron chi connectivity index (χ3n) is 4.17. The van der Waals surface area contributed by atoms with Gasteiger partial charge in [0.1, 0.15) is 18.6 Å². The fourth-order valence-corrected chi connectivity index (χ4v) is 2.42. The van der Waals surface area contributed by atoms with Crippen LogP contribution in [-0.2, 0) is 28.6 Å². The highest BCUT2D eigenvalue weighted by molar-refractivity contribution is 5.88. The Hall–Kier alpha value is -3.67. The van der Waals surface area contributed by atoms with Gasteiger partial charge in [0.05, 0.1) is 7.11 Å². The molecule has 0 spiro atoms. The molecule has 0 heterocycles. The molecule has 0 fully saturated rings. The van der Waals surface area contributed by atoms with Crippen molar-refractivity contribution in [1.29, 1.82) is 0 Å². The largest absolute Gasteiger partial charge is 0.468 e. The lowest BCUT2D eigenvalue weighted by molar-refractivity contribution is -0.165. The molecular weight excluding hydrogens is 384 g/mol. The normalized spacial score (nSPS) is 11.4. The molecule has 30 heavy (non-hydrogen) atoms. The zero-order chi connectivity index (χ0) is 21.8. The number of benzene rings is 2. The van der Waals surface area contributed by atoms with Gasteiger partial charge in [0.15, 0.2) is 0 Å². The summed E-state index contributed by atoms with van der Waals surface area (Å²) in [5.41, 5.74) is 0.343. The maximum absolute atomic E-state index is 12.2. The fraction of sp³-hybridized carbons (Fsp3) is 0.208. The predicted molar refractivity (Wildman–Crippen MR) is 113 cm³/mol. The maximum atomic E-state index is 12.2. The average Bonchev–Trinajstić information content (AvgIpc) is 2.79. The van der Waals surface area contributed by atoms with E-state index in [-0.39, 0.29) is 13.2 Å². The Bertz CT molecular complexity index is 834. The monoisotopic (exact) mass is 408 g/mol. The van der Waals surface area contributed by atoms with Crippen molar-refractivity contribution in [1.82, 2.24) is 0 Å². The third kappa shape index (κ3) is 7.39. The molecule has 0 amide bonds. The molecule has 0 saturated heterocycles. The highest BCUT2D eigenvalue weighted by Gasteiger charge is 2.37. The molecule has 0 aliphatic rings. The van der Waals surface area contributed by atoms with Gasteiger partial charge in [0.25, 0.3) is 0 Å². The number of esters is 3. The lowest BCUT2D eigenvalue weighted by Gasteiger charge is -2.25. The van der Waals surface area contributed by atoms with Crippen LogP contribution in [0.5, 0.6) is 0 Å². The van der Waals surface area contributed by atoms with E-state index in [0.717, 1.165) is 11.1 Å². The second-order valence-corrected chi connectivity index (χ2v) is 6.76. The van der Waals surface area contributed by atoms with Crippen molar-refractivity contribution in [2.75, 3.05) is 20.3 Å². The van der Waals surface area contributed by atoms with Crippen LogP contribution in [0.3, 0.4) is 0 Å². The Morgan fingerprint density at radius 1 is 0.767 bits per heavy atom. The molecule has 6 nitrogen and oxygen atoms in total. The zero-order valence-corrected chi connectivity index (χ0v) is 16.9. The first-order valence-electron chi connectivity index (χ1n) is 9.31. The highest BCUT2D eigenvalue weighted by Crippen LogP contribution is 2.20. The Labute approximate surface area is 175 Å². The third-order valence-corrected chi connectivity index (χ3v) is 4.17. The number of carbonyl (C=O) groups is 3. The quantitative estimate of drug-likeness (QED) is 0.358. The first-order chi connectivity index (χ1) is 14.4. The van der Waals surface area contributed by atoms with Gasteiger partial charge < -0.3 is 14.2 Å². The van der Waals surface area contributed by atoms with Crippen molar-refractivity contribution in [3.05, 3.63) is 83.9 Å². The molecule has 2 aromatic carbocycles. The van der Waals surface area contributed by atoms with E-state index in [9.17, 15) is 14.4 Å². The van der Waals surface area contributed by atoms with Crippen LogP contribution in [0.2, 0.25) is 0 Å². The highest BCUT2D eigenvalue weighted by atomic mass is 16.6. The molecular formula is C24H24O6. The van der Waals surface area contributed by atoms with E-state index >= 15 is 0 Å². The van der Waals surface area contributed by atoms with E-state index in [4.69, 9.17) is 14.2 Å². The van der Waals surface area contributed by atoms with Crippen molar-refractivity contribution in [2.45, 2.75) is 6.92 Å². The summed E-state index contributed by atoms with van der Waals surface area (Å²) in [6.45, 7) is 0.905. The van der Waals surface area contributed by atoms with Crippen LogP contribution in [0.15, 0.2) is 72.8 Å². The van der Waals surface area contributed by atoms with Crippen LogP contribution in [0.25, 0.3) is 12.2 Å². The molecule has 156 valence electrons. The summed E-state index contributed by atoms with van der Waals surface area (Å²) in [6, 6.07) is 18.5. The first kappa shape index (κ1) is 22.6. The van der Waals surface area contributed by atoms with Gasteiger partial charge in [0.2, 0.25) is 0 Å². The van der Waals surface area contributed by atoms with Gasteiger partial charge in [-0.15, -0.1) is 0 Å². The molecule has 0 aliphatic carbocycles. The summed E-state index contributed by atoms with van der Waals surface area (Å²) in [7, 11) is 1.22. The van der Waals surface area contributed by atoms with Crippen LogP contribution in [0.4, 0.5) is 0 Å². The summed E-state index contributed by atoms with van der Waals surface area (Å²) >= 11 is 0. The minimum absolute atomic E-state index is 0.298. The van der Waals surface area contributed by atoms with E-state index in [1.165, 1.54) is 26.2 Å². The summed E-state index contributed by atoms with van der Waals surface area (Å²) < 4.78 is 15.1. The molecule has 0 atom stereocenters. The van der Waals surface area contributed by atoms with Gasteiger partial charge in [-0.2, -0.15) is 0 Å². The molecule has 0 aliphatic heterocycles. The number of hydrogen-bond acceptors (Lipinski definition) is 6. The van der Waals surface area contributed by atoms with Crippen molar-refractivity contribution < 1.29 is 28.6 Å². The summed E-state index contributed by atoms with van der Waals surface area (Å²) in [6.07, 6.45) is 5.74. The van der Waals surface area contributed by atoms with Gasteiger partial charge in [-0.3, -0.25) is 4.79 Å². The summed E-state index contributed by atoms with van der Waals surface area (Å²) in [5.74, 6) is -1.89. The lowest BCUT2D eigenvalue weighted by atomic mass is 9.93. The van der Waals surface area contributed by atoms with Gasteiger partial charge in [0, 0.05) is 12.2 Å². The smallest absolute Gasteiger partial charge is 0.330 e. The Balaban J connectivity index is 1.91. The Morgan fingerprint density at radius 3 is 1.53 bits per heavy atom. The Kier molecular flexibility index (Phi) is 8.56. The van der Waals surface area contributed by atoms with Crippen LogP contribution in [0, 0.1) is 5.41 Å². The summed E-state index contributed by atoms with van der Waals surface area (Å²) in [4.78, 5) is 36.2. The predicted octanol–water partition coefficient (Wildman–Crippen LogP) is 3.68. The van der Waals surface area contributed by atoms with Crippen molar-refractivity contribution in [2.24, 2.45) is 5.41 Å². The van der Waals surface area contributed by atoms with Crippen LogP contribution >= 0.6 is 0 Å². The standard InChI is InChI=1S/C24H24O6/c1-24(23(27)28-2,17-29-21(25)15-13-19-9-5-3-6-10-19)18-30-22(26)16-14-20-11-7-4-8-12-20/h3-16H,17-18H2,1-2H3/b15-13+,16-14+. The van der Waals surface area contributed by atoms with E-state index in [2.05, 4.69) is 0 Å². The van der Waals surface area contributed by atoms with Gasteiger partial charge in [-0.1, -0.05) is 60.7 Å². The molecule has 0 radical (unpaired) electrons. The minimum Gasteiger partial charge on any atom is -0.468 e. The summed E-state index contributed by atoms with van der Waals surface area (Å²) in [5, 5.41) is 0. The molecule has 0 saturated carbocycles. The topological polar surface area (TPSA) is 78.9 Å². The molecule has 0 N–H and O–H groups in total. The minimum atomic E-state index is -1.33. The van der Waals surface area contributed by atoms with Crippen LogP contribution in [-0.4, -0.2) is 38.2 Å². The number of rotatable bonds is 9. The van der Waals surface area contributed by atoms with Crippen molar-refractivity contribution >= 4 is 30.1 Å². The SMILES string of the molecule is COC(=O)C(C)(COC(=O)/C=C/c1ccccc1)COC(=O)/C=C/c1ccccc1. The number of hydrogen-bond donors (Lipinski definition) is 0. The fourth-order valence-electron chi connectivity index (χ4n) is 2.42. The molecule has 0 aromatic heterocycles. The second-order valence-electron chi connectivity index (χ2n) is 6.76. The lowest BCUT2D eigenvalue weighted by Crippen LogP contribution is -2.39. The number of carbonyl (C=O) groups excluding carboxylic acids is 3. The molecule has 2 rings (SSSR count). The van der Waals surface area contributed by atoms with Gasteiger partial charge in [-0.25, -0.2) is 9.59 Å². The number of methoxy groups -OCH3 is 1. The number of ether oxygens (including phenoxy) is 3. The van der Waals surface area contributed by atoms with E-state index < -0.39 is 23.3 Å². The molecule has 0 bridgehead atoms. The molecule has 0 unspecified atom stereocenters. The van der Waals surface area contributed by atoms with Gasteiger partial charge in [-0.05, 0) is 30.2 Å². The molecule has 6 heteroatoms. The van der Waals surface area contributed by atoms with E-state index in [0.29, 0.717) is 0 Å². The van der Waals surface area contributed by atoms with E-state index in [1.54, 1.807) is 12.2 Å². The zero-order valence-electron chi connectivity index (χ0n) is 16.9. The van der Waals surface area contributed by atoms with Crippen molar-refractivity contribution in [3.8, 4) is 0 Å². The van der Waals surface area contributed by atoms with E-state index in [1.807, 2.05) is 60.7 Å². The second kappa shape index (κ2) is 11.4. The average molecular weight is 408 g/mol. The van der Waals surface area contributed by atoms with Gasteiger partial charge >= 0.3 is 17.9 Å². The van der Waals surface area contributed by atoms with Crippen LogP contribution in [0.1, 0.15) is 18.1 Å². The molecule has 2 aromatic rings. The maximum Gasteiger partial charge on any atom is 0.330 e.